The number of nitrogens with zero attached hydrogens (tertiary/aromatic N) is 5. The smallest absolute Gasteiger partial charge is 0.225 e. The number of anilines is 3. The van der Waals surface area contributed by atoms with E-state index in [9.17, 15) is 9.00 Å². The van der Waals surface area contributed by atoms with E-state index in [1.54, 1.807) is 24.7 Å². The van der Waals surface area contributed by atoms with Crippen molar-refractivity contribution in [2.75, 3.05) is 75.2 Å². The molecule has 1 N–H and O–H groups in total. The summed E-state index contributed by atoms with van der Waals surface area (Å²) in [4.78, 5) is 26.6. The Kier molecular flexibility index (Phi) is 10.5. The van der Waals surface area contributed by atoms with Crippen molar-refractivity contribution in [2.24, 2.45) is 0 Å². The van der Waals surface area contributed by atoms with E-state index in [1.807, 2.05) is 62.6 Å². The predicted molar refractivity (Wildman–Crippen MR) is 158 cm³/mol. The van der Waals surface area contributed by atoms with Gasteiger partial charge in [-0.15, -0.1) is 0 Å². The molecule has 2 aromatic heterocycles. The molecule has 1 amide bonds. The molecule has 1 aliphatic rings. The molecule has 40 heavy (non-hydrogen) atoms. The van der Waals surface area contributed by atoms with Crippen molar-refractivity contribution in [3.05, 3.63) is 66.1 Å². The molecule has 4 rings (SSSR count). The van der Waals surface area contributed by atoms with Gasteiger partial charge < -0.3 is 24.6 Å². The molecule has 11 heteroatoms. The number of nitrogens with one attached hydrogen (secondary N) is 1. The van der Waals surface area contributed by atoms with Crippen LogP contribution in [0, 0.1) is 13.8 Å². The number of amides is 1. The monoisotopic (exact) mass is 566 g/mol. The van der Waals surface area contributed by atoms with Crippen molar-refractivity contribution < 1.29 is 18.5 Å². The predicted octanol–water partition coefficient (Wildman–Crippen LogP) is 3.43. The van der Waals surface area contributed by atoms with Gasteiger partial charge >= 0.3 is 0 Å². The molecule has 214 valence electrons. The van der Waals surface area contributed by atoms with E-state index >= 15 is 0 Å². The number of benzene rings is 1. The summed E-state index contributed by atoms with van der Waals surface area (Å²) in [7, 11) is 1.99. The Morgan fingerprint density at radius 1 is 1.02 bits per heavy atom. The highest BCUT2D eigenvalue weighted by atomic mass is 32.2. The maximum atomic E-state index is 13.2. The fraction of sp³-hybridized carbons (Fsp3) is 0.414. The number of pyridine rings is 2. The summed E-state index contributed by atoms with van der Waals surface area (Å²) in [5.41, 5.74) is 3.59. The highest BCUT2D eigenvalue weighted by Gasteiger charge is 2.20. The number of carbonyl (C=O) groups excluding carboxylic acids is 1. The Balaban J connectivity index is 1.24. The third-order valence-electron chi connectivity index (χ3n) is 6.76. The SMILES string of the molecule is COCCOc1cc(C)c(S(=O)N(C)CCC(=O)Nc2ccc(N3CCN(c4ccncc4)CC3)nc2)c(C)c1. The van der Waals surface area contributed by atoms with E-state index in [4.69, 9.17) is 9.47 Å². The number of hydrogen-bond donors (Lipinski definition) is 1. The fourth-order valence-electron chi connectivity index (χ4n) is 4.63. The van der Waals surface area contributed by atoms with Gasteiger partial charge in [0.1, 0.15) is 29.2 Å². The highest BCUT2D eigenvalue weighted by Crippen LogP contribution is 2.26. The normalized spacial score (nSPS) is 14.3. The summed E-state index contributed by atoms with van der Waals surface area (Å²) in [6.07, 6.45) is 5.52. The zero-order valence-electron chi connectivity index (χ0n) is 23.6. The maximum Gasteiger partial charge on any atom is 0.225 e. The first-order valence-electron chi connectivity index (χ1n) is 13.4. The van der Waals surface area contributed by atoms with Crippen molar-refractivity contribution in [1.29, 1.82) is 0 Å². The van der Waals surface area contributed by atoms with Gasteiger partial charge in [0.25, 0.3) is 0 Å². The van der Waals surface area contributed by atoms with Crippen LogP contribution in [0.2, 0.25) is 0 Å². The maximum absolute atomic E-state index is 13.2. The van der Waals surface area contributed by atoms with Gasteiger partial charge in [-0.2, -0.15) is 0 Å². The number of methoxy groups -OCH3 is 1. The number of hydrogen-bond acceptors (Lipinski definition) is 8. The van der Waals surface area contributed by atoms with Crippen LogP contribution >= 0.6 is 0 Å². The molecule has 0 aliphatic carbocycles. The zero-order chi connectivity index (χ0) is 28.5. The van der Waals surface area contributed by atoms with Gasteiger partial charge in [0.15, 0.2) is 0 Å². The van der Waals surface area contributed by atoms with Crippen LogP contribution in [0.1, 0.15) is 17.5 Å². The number of rotatable bonds is 12. The standard InChI is InChI=1S/C29H38N6O4S/c1-22-19-26(39-18-17-38-4)20-23(2)29(22)40(37)33(3)12-9-28(36)32-24-5-6-27(31-21-24)35-15-13-34(14-16-35)25-7-10-30-11-8-25/h5-8,10-11,19-21H,9,12-18H2,1-4H3,(H,32,36). The summed E-state index contributed by atoms with van der Waals surface area (Å²) < 4.78 is 25.7. The Morgan fingerprint density at radius 2 is 1.70 bits per heavy atom. The molecule has 1 unspecified atom stereocenters. The quantitative estimate of drug-likeness (QED) is 0.333. The number of carbonyl (C=O) groups is 1. The molecule has 0 spiro atoms. The number of ether oxygens (including phenoxy) is 2. The third kappa shape index (κ3) is 7.77. The summed E-state index contributed by atoms with van der Waals surface area (Å²) >= 11 is 0. The van der Waals surface area contributed by atoms with Gasteiger partial charge in [-0.1, -0.05) is 0 Å². The Bertz CT molecular complexity index is 1260. The van der Waals surface area contributed by atoms with E-state index in [0.717, 1.165) is 53.8 Å². The molecule has 1 fully saturated rings. The second-order valence-corrected chi connectivity index (χ2v) is 11.2. The molecule has 10 nitrogen and oxygen atoms in total. The van der Waals surface area contributed by atoms with Crippen molar-refractivity contribution in [3.63, 3.8) is 0 Å². The number of piperazine rings is 1. The molecule has 1 atom stereocenters. The lowest BCUT2D eigenvalue weighted by atomic mass is 10.1. The summed E-state index contributed by atoms with van der Waals surface area (Å²) in [5, 5.41) is 2.90. The van der Waals surface area contributed by atoms with Gasteiger partial charge in [-0.3, -0.25) is 9.78 Å². The van der Waals surface area contributed by atoms with Crippen molar-refractivity contribution in [3.8, 4) is 5.75 Å². The van der Waals surface area contributed by atoms with E-state index in [1.165, 1.54) is 5.69 Å². The molecule has 3 aromatic rings. The molecule has 1 aromatic carbocycles. The van der Waals surface area contributed by atoms with Gasteiger partial charge in [-0.05, 0) is 61.4 Å². The van der Waals surface area contributed by atoms with Gasteiger partial charge in [0, 0.05) is 71.4 Å². The van der Waals surface area contributed by atoms with E-state index in [0.29, 0.717) is 25.4 Å². The van der Waals surface area contributed by atoms with Crippen LogP contribution in [0.25, 0.3) is 0 Å². The van der Waals surface area contributed by atoms with E-state index in [-0.39, 0.29) is 12.3 Å². The largest absolute Gasteiger partial charge is 0.491 e. The van der Waals surface area contributed by atoms with Crippen LogP contribution in [-0.2, 0) is 20.5 Å². The van der Waals surface area contributed by atoms with Gasteiger partial charge in [-0.25, -0.2) is 13.5 Å². The van der Waals surface area contributed by atoms with Crippen LogP contribution in [0.5, 0.6) is 5.75 Å². The Hall–Kier alpha value is -3.54. The second kappa shape index (κ2) is 14.2. The second-order valence-electron chi connectivity index (χ2n) is 9.71. The fourth-order valence-corrected chi connectivity index (χ4v) is 5.87. The van der Waals surface area contributed by atoms with Crippen LogP contribution in [-0.4, -0.2) is 84.5 Å². The lowest BCUT2D eigenvalue weighted by Gasteiger charge is -2.36. The summed E-state index contributed by atoms with van der Waals surface area (Å²) in [6, 6.07) is 11.6. The molecule has 1 saturated heterocycles. The Labute approximate surface area is 238 Å². The summed E-state index contributed by atoms with van der Waals surface area (Å²) in [6.45, 7) is 8.69. The minimum absolute atomic E-state index is 0.153. The van der Waals surface area contributed by atoms with Crippen molar-refractivity contribution in [1.82, 2.24) is 14.3 Å². The minimum Gasteiger partial charge on any atom is -0.491 e. The molecular formula is C29H38N6O4S. The first kappa shape index (κ1) is 29.4. The van der Waals surface area contributed by atoms with Crippen LogP contribution in [0.3, 0.4) is 0 Å². The average Bonchev–Trinajstić information content (AvgIpc) is 2.96. The van der Waals surface area contributed by atoms with Crippen LogP contribution < -0.4 is 19.9 Å². The molecule has 1 aliphatic heterocycles. The molecule has 0 bridgehead atoms. The van der Waals surface area contributed by atoms with Crippen molar-refractivity contribution in [2.45, 2.75) is 25.2 Å². The van der Waals surface area contributed by atoms with Crippen LogP contribution in [0.15, 0.2) is 59.9 Å². The lowest BCUT2D eigenvalue weighted by Crippen LogP contribution is -2.46. The number of aromatic nitrogens is 2. The van der Waals surface area contributed by atoms with Crippen molar-refractivity contribution >= 4 is 34.1 Å². The highest BCUT2D eigenvalue weighted by molar-refractivity contribution is 7.82. The average molecular weight is 567 g/mol. The van der Waals surface area contributed by atoms with Gasteiger partial charge in [0.2, 0.25) is 5.91 Å². The molecule has 0 saturated carbocycles. The first-order chi connectivity index (χ1) is 19.4. The zero-order valence-corrected chi connectivity index (χ0v) is 24.4. The topological polar surface area (TPSA) is 100 Å². The summed E-state index contributed by atoms with van der Waals surface area (Å²) in [5.74, 6) is 1.46. The molecular weight excluding hydrogens is 528 g/mol. The Morgan fingerprint density at radius 3 is 2.33 bits per heavy atom. The van der Waals surface area contributed by atoms with Gasteiger partial charge in [0.05, 0.1) is 23.4 Å². The third-order valence-corrected chi connectivity index (χ3v) is 8.51. The lowest BCUT2D eigenvalue weighted by molar-refractivity contribution is -0.116. The molecule has 0 radical (unpaired) electrons. The van der Waals surface area contributed by atoms with E-state index in [2.05, 4.69) is 25.1 Å². The molecule has 3 heterocycles. The van der Waals surface area contributed by atoms with E-state index < -0.39 is 11.0 Å². The minimum atomic E-state index is -1.40. The number of aryl methyl sites for hydroxylation is 2. The first-order valence-corrected chi connectivity index (χ1v) is 14.5. The van der Waals surface area contributed by atoms with Crippen LogP contribution in [0.4, 0.5) is 17.2 Å².